The summed E-state index contributed by atoms with van der Waals surface area (Å²) >= 11 is 0. The molecule has 0 fully saturated rings. The Morgan fingerprint density at radius 2 is 2.25 bits per heavy atom. The smallest absolute Gasteiger partial charge is 0.125 e. The highest BCUT2D eigenvalue weighted by Crippen LogP contribution is 2.22. The predicted octanol–water partition coefficient (Wildman–Crippen LogP) is 0.851. The lowest BCUT2D eigenvalue weighted by Gasteiger charge is -2.23. The number of likely N-dealkylation sites (N-methyl/N-ethyl adjacent to an activating group) is 1. The van der Waals surface area contributed by atoms with E-state index in [-0.39, 0.29) is 12.4 Å². The first-order chi connectivity index (χ1) is 7.54. The first-order valence-electron chi connectivity index (χ1n) is 4.97. The fraction of sp³-hybridized carbons (Fsp3) is 0.455. The van der Waals surface area contributed by atoms with Crippen LogP contribution in [-0.2, 0) is 4.74 Å². The Morgan fingerprint density at radius 3 is 2.88 bits per heavy atom. The van der Waals surface area contributed by atoms with Crippen LogP contribution in [0.2, 0.25) is 0 Å². The molecule has 0 aliphatic rings. The molecule has 0 aromatic heterocycles. The van der Waals surface area contributed by atoms with E-state index < -0.39 is 6.10 Å². The second-order valence-electron chi connectivity index (χ2n) is 3.69. The van der Waals surface area contributed by atoms with E-state index in [1.165, 1.54) is 25.3 Å². The van der Waals surface area contributed by atoms with Crippen LogP contribution < -0.4 is 10.6 Å². The second kappa shape index (κ2) is 5.67. The summed E-state index contributed by atoms with van der Waals surface area (Å²) in [5.74, 6) is -0.350. The SMILES string of the molecule is COCC(O)CN(C)c1cc(F)ccc1N. The molecule has 0 aliphatic carbocycles. The first-order valence-corrected chi connectivity index (χ1v) is 4.97. The Labute approximate surface area is 94.4 Å². The lowest BCUT2D eigenvalue weighted by molar-refractivity contribution is 0.0695. The third kappa shape index (κ3) is 3.36. The summed E-state index contributed by atoms with van der Waals surface area (Å²) in [4.78, 5) is 1.70. The summed E-state index contributed by atoms with van der Waals surface area (Å²) in [6.45, 7) is 0.570. The highest BCUT2D eigenvalue weighted by Gasteiger charge is 2.11. The normalized spacial score (nSPS) is 12.5. The van der Waals surface area contributed by atoms with Crippen LogP contribution in [0.25, 0.3) is 0 Å². The molecule has 0 saturated heterocycles. The van der Waals surface area contributed by atoms with Gasteiger partial charge in [0.05, 0.1) is 24.1 Å². The van der Waals surface area contributed by atoms with Gasteiger partial charge in [0.2, 0.25) is 0 Å². The maximum atomic E-state index is 13.0. The molecule has 90 valence electrons. The number of aliphatic hydroxyl groups excluding tert-OH is 1. The maximum Gasteiger partial charge on any atom is 0.125 e. The van der Waals surface area contributed by atoms with Gasteiger partial charge in [0, 0.05) is 20.7 Å². The molecular formula is C11H17FN2O2. The van der Waals surface area contributed by atoms with Gasteiger partial charge in [0.15, 0.2) is 0 Å². The van der Waals surface area contributed by atoms with E-state index >= 15 is 0 Å². The van der Waals surface area contributed by atoms with E-state index in [1.807, 2.05) is 0 Å². The quantitative estimate of drug-likeness (QED) is 0.734. The van der Waals surface area contributed by atoms with Crippen LogP contribution in [0.4, 0.5) is 15.8 Å². The Morgan fingerprint density at radius 1 is 1.56 bits per heavy atom. The topological polar surface area (TPSA) is 58.7 Å². The van der Waals surface area contributed by atoms with Crippen LogP contribution in [0.1, 0.15) is 0 Å². The summed E-state index contributed by atoms with van der Waals surface area (Å²) < 4.78 is 17.8. The van der Waals surface area contributed by atoms with Crippen molar-refractivity contribution in [1.82, 2.24) is 0 Å². The number of anilines is 2. The molecule has 3 N–H and O–H groups in total. The lowest BCUT2D eigenvalue weighted by Crippen LogP contribution is -2.32. The van der Waals surface area contributed by atoms with Crippen LogP contribution in [0.3, 0.4) is 0 Å². The number of methoxy groups -OCH3 is 1. The number of ether oxygens (including phenoxy) is 1. The van der Waals surface area contributed by atoms with E-state index in [9.17, 15) is 9.50 Å². The number of rotatable bonds is 5. The van der Waals surface area contributed by atoms with E-state index in [0.29, 0.717) is 17.9 Å². The first kappa shape index (κ1) is 12.7. The number of nitrogens with zero attached hydrogens (tertiary/aromatic N) is 1. The molecule has 0 radical (unpaired) electrons. The van der Waals surface area contributed by atoms with Gasteiger partial charge in [-0.15, -0.1) is 0 Å². The van der Waals surface area contributed by atoms with Crippen molar-refractivity contribution < 1.29 is 14.2 Å². The molecule has 1 rings (SSSR count). The zero-order chi connectivity index (χ0) is 12.1. The van der Waals surface area contributed by atoms with Crippen LogP contribution in [0.15, 0.2) is 18.2 Å². The number of nitrogens with two attached hydrogens (primary N) is 1. The summed E-state index contributed by atoms with van der Waals surface area (Å²) in [6.07, 6.45) is -0.627. The molecule has 0 heterocycles. The Balaban J connectivity index is 2.72. The molecule has 1 aromatic rings. The minimum Gasteiger partial charge on any atom is -0.397 e. The molecule has 5 heteroatoms. The third-order valence-corrected chi connectivity index (χ3v) is 2.25. The third-order valence-electron chi connectivity index (χ3n) is 2.25. The average molecular weight is 228 g/mol. The molecule has 0 bridgehead atoms. The van der Waals surface area contributed by atoms with E-state index in [4.69, 9.17) is 10.5 Å². The average Bonchev–Trinajstić information content (AvgIpc) is 2.21. The van der Waals surface area contributed by atoms with Crippen LogP contribution >= 0.6 is 0 Å². The summed E-state index contributed by atoms with van der Waals surface area (Å²) in [6, 6.07) is 4.15. The van der Waals surface area contributed by atoms with Crippen molar-refractivity contribution in [3.63, 3.8) is 0 Å². The van der Waals surface area contributed by atoms with Gasteiger partial charge in [0.1, 0.15) is 5.82 Å². The van der Waals surface area contributed by atoms with Crippen LogP contribution in [-0.4, -0.2) is 38.5 Å². The zero-order valence-electron chi connectivity index (χ0n) is 9.48. The van der Waals surface area contributed by atoms with Crippen molar-refractivity contribution in [3.8, 4) is 0 Å². The monoisotopic (exact) mass is 228 g/mol. The van der Waals surface area contributed by atoms with Crippen molar-refractivity contribution in [2.24, 2.45) is 0 Å². The molecule has 0 spiro atoms. The molecule has 4 nitrogen and oxygen atoms in total. The summed E-state index contributed by atoms with van der Waals surface area (Å²) in [7, 11) is 3.25. The Bertz CT molecular complexity index is 347. The van der Waals surface area contributed by atoms with E-state index in [2.05, 4.69) is 0 Å². The van der Waals surface area contributed by atoms with E-state index in [1.54, 1.807) is 11.9 Å². The molecule has 0 amide bonds. The molecule has 0 aliphatic heterocycles. The number of benzene rings is 1. The van der Waals surface area contributed by atoms with Crippen molar-refractivity contribution in [3.05, 3.63) is 24.0 Å². The van der Waals surface area contributed by atoms with Gasteiger partial charge in [0.25, 0.3) is 0 Å². The lowest BCUT2D eigenvalue weighted by atomic mass is 10.2. The highest BCUT2D eigenvalue weighted by molar-refractivity contribution is 5.67. The Kier molecular flexibility index (Phi) is 4.52. The van der Waals surface area contributed by atoms with Gasteiger partial charge >= 0.3 is 0 Å². The number of halogens is 1. The maximum absolute atomic E-state index is 13.0. The molecule has 1 unspecified atom stereocenters. The minimum absolute atomic E-state index is 0.236. The Hall–Kier alpha value is -1.33. The van der Waals surface area contributed by atoms with Crippen molar-refractivity contribution in [1.29, 1.82) is 0 Å². The second-order valence-corrected chi connectivity index (χ2v) is 3.69. The van der Waals surface area contributed by atoms with Crippen molar-refractivity contribution in [2.45, 2.75) is 6.10 Å². The standard InChI is InChI=1S/C11H17FN2O2/c1-14(6-9(15)7-16-2)11-5-8(12)3-4-10(11)13/h3-5,9,15H,6-7,13H2,1-2H3. The van der Waals surface area contributed by atoms with Gasteiger partial charge in [-0.3, -0.25) is 0 Å². The van der Waals surface area contributed by atoms with Crippen molar-refractivity contribution >= 4 is 11.4 Å². The zero-order valence-corrected chi connectivity index (χ0v) is 9.48. The van der Waals surface area contributed by atoms with Gasteiger partial charge < -0.3 is 20.5 Å². The van der Waals surface area contributed by atoms with Crippen LogP contribution in [0.5, 0.6) is 0 Å². The fourth-order valence-electron chi connectivity index (χ4n) is 1.51. The number of aliphatic hydroxyl groups is 1. The minimum atomic E-state index is -0.627. The van der Waals surface area contributed by atoms with Gasteiger partial charge in [-0.1, -0.05) is 0 Å². The number of hydrogen-bond acceptors (Lipinski definition) is 4. The molecule has 0 saturated carbocycles. The predicted molar refractivity (Wildman–Crippen MR) is 62.0 cm³/mol. The summed E-state index contributed by atoms with van der Waals surface area (Å²) in [5.41, 5.74) is 6.76. The fourth-order valence-corrected chi connectivity index (χ4v) is 1.51. The van der Waals surface area contributed by atoms with Crippen LogP contribution in [0, 0.1) is 5.82 Å². The van der Waals surface area contributed by atoms with E-state index in [0.717, 1.165) is 0 Å². The molecule has 1 aromatic carbocycles. The largest absolute Gasteiger partial charge is 0.397 e. The molecular weight excluding hydrogens is 211 g/mol. The number of hydrogen-bond donors (Lipinski definition) is 2. The highest BCUT2D eigenvalue weighted by atomic mass is 19.1. The molecule has 1 atom stereocenters. The summed E-state index contributed by atoms with van der Waals surface area (Å²) in [5, 5.41) is 9.54. The van der Waals surface area contributed by atoms with Crippen molar-refractivity contribution in [2.75, 3.05) is 37.9 Å². The van der Waals surface area contributed by atoms with Gasteiger partial charge in [-0.05, 0) is 18.2 Å². The van der Waals surface area contributed by atoms with Gasteiger partial charge in [-0.25, -0.2) is 4.39 Å². The van der Waals surface area contributed by atoms with Gasteiger partial charge in [-0.2, -0.15) is 0 Å². The molecule has 16 heavy (non-hydrogen) atoms. The number of nitrogen functional groups attached to an aromatic ring is 1.